The maximum atomic E-state index is 16.0. The Hall–Kier alpha value is -9.24. The maximum absolute atomic E-state index is 16.0. The number of phenolic OH excluding ortho intramolecular Hbond substituents is 3. The lowest BCUT2D eigenvalue weighted by atomic mass is 9.83. The number of ether oxygens (including phenoxy) is 6. The number of carboxylic acids is 1. The fraction of sp³-hybridized carbons (Fsp3) is 0.424. The molecule has 2 saturated heterocycles. The number of aliphatic hydroxyl groups is 7. The number of aliphatic hydroxyl groups excluding tert-OH is 7. The van der Waals surface area contributed by atoms with Gasteiger partial charge in [-0.25, -0.2) is 4.79 Å². The number of rotatable bonds is 13. The molecule has 0 aliphatic carbocycles. The lowest BCUT2D eigenvalue weighted by Crippen LogP contribution is -2.71. The number of primary amides is 1. The first-order chi connectivity index (χ1) is 48.1. The van der Waals surface area contributed by atoms with Gasteiger partial charge in [0, 0.05) is 11.1 Å². The molecule has 34 nitrogen and oxygen atoms in total. The summed E-state index contributed by atoms with van der Waals surface area (Å²) < 4.78 is 37.9. The average molecular weight is 1470 g/mol. The third kappa shape index (κ3) is 15.3. The summed E-state index contributed by atoms with van der Waals surface area (Å²) in [5.74, 6) is -16.7. The molecule has 2 fully saturated rings. The van der Waals surface area contributed by atoms with E-state index >= 15 is 14.4 Å². The number of carboxylic acid groups (broad SMARTS) is 1. The summed E-state index contributed by atoms with van der Waals surface area (Å²) in [6.45, 7) is 5.25. The van der Waals surface area contributed by atoms with E-state index in [1.54, 1.807) is 0 Å². The van der Waals surface area contributed by atoms with Crippen molar-refractivity contribution in [3.05, 3.63) is 117 Å². The zero-order valence-corrected chi connectivity index (χ0v) is 56.2. The number of aromatic hydroxyl groups is 3. The second-order valence-electron chi connectivity index (χ2n) is 25.7. The first kappa shape index (κ1) is 75.4. The van der Waals surface area contributed by atoms with Crippen LogP contribution in [0, 0.1) is 5.92 Å². The van der Waals surface area contributed by atoms with Crippen LogP contribution in [0.1, 0.15) is 98.7 Å². The maximum Gasteiger partial charge on any atom is 0.330 e. The number of hydrogen-bond donors (Lipinski definition) is 20. The number of hydrogen-bond acceptors (Lipinski definition) is 26. The number of benzene rings is 5. The molecule has 7 amide bonds. The smallest absolute Gasteiger partial charge is 0.330 e. The van der Waals surface area contributed by atoms with E-state index in [1.807, 2.05) is 13.8 Å². The first-order valence-corrected chi connectivity index (χ1v) is 32.5. The summed E-state index contributed by atoms with van der Waals surface area (Å²) in [6.07, 6.45) is -21.8. The van der Waals surface area contributed by atoms with Crippen LogP contribution in [0.2, 0.25) is 10.0 Å². The van der Waals surface area contributed by atoms with Gasteiger partial charge in [-0.15, -0.1) is 0 Å². The second-order valence-corrected chi connectivity index (χ2v) is 26.5. The molecule has 0 aromatic heterocycles. The Bertz CT molecular complexity index is 4110. The van der Waals surface area contributed by atoms with Gasteiger partial charge in [-0.3, -0.25) is 33.6 Å². The SMILES string of the molecule is CN[C@H](CC(C)C)C(=O)N[C@H]1C(=O)N[C@@H](CC(N)=O)C(=O)N[C@H]2C(=O)N[C@H]3C(=O)N[C@H](C(=O)N[C@H](C(=O)O)c4ccc(O)c(O)c4-c4cc3ccc4O)[C@H](O)c3ccc(c(Cl)c3)Oc3cc2cc(c3O[C@@H]2O[C@H](CO)[C@@H](O)[C@H](O)[C@H]2O[C@@H]2O[C@@H](C)[C@@H](O)[C@@](C)(N)[C@H]2O)Oc2ccc(cc2Cl)[C@H]1O. The Kier molecular flexibility index (Phi) is 22.5. The quantitative estimate of drug-likeness (QED) is 0.0634. The lowest BCUT2D eigenvalue weighted by Gasteiger charge is -2.49. The van der Waals surface area contributed by atoms with Crippen LogP contribution >= 0.6 is 23.2 Å². The van der Waals surface area contributed by atoms with E-state index in [0.717, 1.165) is 72.8 Å². The van der Waals surface area contributed by atoms with Crippen molar-refractivity contribution in [1.29, 1.82) is 0 Å². The highest BCUT2D eigenvalue weighted by atomic mass is 35.5. The Morgan fingerprint density at radius 1 is 0.676 bits per heavy atom. The van der Waals surface area contributed by atoms with Gasteiger partial charge in [-0.2, -0.15) is 0 Å². The molecule has 548 valence electrons. The first-order valence-electron chi connectivity index (χ1n) is 31.7. The molecule has 7 aliphatic rings. The predicted molar refractivity (Wildman–Crippen MR) is 351 cm³/mol. The molecule has 12 rings (SSSR count). The number of carbonyl (C=O) groups excluding carboxylic acids is 7. The van der Waals surface area contributed by atoms with Gasteiger partial charge in [0.1, 0.15) is 90.2 Å². The van der Waals surface area contributed by atoms with Crippen LogP contribution in [0.25, 0.3) is 11.1 Å². The van der Waals surface area contributed by atoms with Crippen molar-refractivity contribution in [1.82, 2.24) is 37.2 Å². The van der Waals surface area contributed by atoms with Crippen molar-refractivity contribution in [3.8, 4) is 57.1 Å². The minimum absolute atomic E-state index is 0.108. The number of aliphatic carboxylic acids is 1. The fourth-order valence-electron chi connectivity index (χ4n) is 12.4. The van der Waals surface area contributed by atoms with E-state index in [9.17, 15) is 80.1 Å². The van der Waals surface area contributed by atoms with E-state index < -0.39 is 254 Å². The number of likely N-dealkylation sites (N-methyl/N-ethyl adjacent to an activating group) is 1. The van der Waals surface area contributed by atoms with E-state index in [2.05, 4.69) is 37.2 Å². The third-order valence-corrected chi connectivity index (χ3v) is 18.6. The van der Waals surface area contributed by atoms with Crippen molar-refractivity contribution < 1.29 is 123 Å². The molecule has 7 aliphatic heterocycles. The molecule has 5 aromatic rings. The van der Waals surface area contributed by atoms with Crippen molar-refractivity contribution in [2.45, 2.75) is 156 Å². The molecular formula is C66H75Cl2N9O25. The van der Waals surface area contributed by atoms with Crippen LogP contribution in [-0.2, 0) is 52.6 Å². The van der Waals surface area contributed by atoms with Crippen LogP contribution in [0.4, 0.5) is 0 Å². The number of fused-ring (bicyclic) bond motifs is 15. The molecule has 0 radical (unpaired) electrons. The molecule has 102 heavy (non-hydrogen) atoms. The molecular weight excluding hydrogens is 1390 g/mol. The van der Waals surface area contributed by atoms with Gasteiger partial charge in [0.2, 0.25) is 53.4 Å². The Balaban J connectivity index is 1.24. The van der Waals surface area contributed by atoms with Crippen molar-refractivity contribution in [2.24, 2.45) is 17.4 Å². The summed E-state index contributed by atoms with van der Waals surface area (Å²) in [5, 5.41) is 142. The molecule has 0 saturated carbocycles. The third-order valence-electron chi connectivity index (χ3n) is 18.0. The topological polar surface area (TPSA) is 551 Å². The average Bonchev–Trinajstić information content (AvgIpc) is 0.768. The van der Waals surface area contributed by atoms with Gasteiger partial charge in [0.25, 0.3) is 0 Å². The van der Waals surface area contributed by atoms with Crippen LogP contribution in [0.3, 0.4) is 0 Å². The zero-order chi connectivity index (χ0) is 74.4. The van der Waals surface area contributed by atoms with Gasteiger partial charge in [-0.1, -0.05) is 61.3 Å². The number of nitrogens with two attached hydrogens (primary N) is 2. The van der Waals surface area contributed by atoms with Gasteiger partial charge in [0.05, 0.1) is 40.8 Å². The lowest BCUT2D eigenvalue weighted by molar-refractivity contribution is -0.351. The molecule has 5 aromatic carbocycles. The summed E-state index contributed by atoms with van der Waals surface area (Å²) in [6, 6.07) is -0.834. The highest BCUT2D eigenvalue weighted by molar-refractivity contribution is 6.32. The van der Waals surface area contributed by atoms with Gasteiger partial charge >= 0.3 is 5.97 Å². The number of amides is 7. The van der Waals surface area contributed by atoms with Crippen molar-refractivity contribution >= 4 is 70.5 Å². The van der Waals surface area contributed by atoms with Gasteiger partial charge in [0.15, 0.2) is 41.4 Å². The monoisotopic (exact) mass is 1460 g/mol. The van der Waals surface area contributed by atoms with E-state index in [1.165, 1.54) is 27.0 Å². The molecule has 7 heterocycles. The van der Waals surface area contributed by atoms with Crippen LogP contribution in [0.15, 0.2) is 78.9 Å². The highest BCUT2D eigenvalue weighted by Gasteiger charge is 2.55. The standard InChI is InChI=1S/C66H75Cl2N9O25/c1-22(2)14-32(71-5)57(89)76-46-48(82)25-7-12-36(30(67)16-25)98-38-18-27-19-39(53(38)101-64-54(52(86)51(85)40(21-78)100-64)102-65-56(88)66(4,70)55(87)23(3)97-65)99-37-13-8-26(17-31(37)68)49(83)47-62(94)75-45(63(95)96)28-9-11-35(80)50(84)42(28)29-15-24(6-10-34(29)79)43(59(91)77-47)74-60(92)44(27)73-58(90)33(20-41(69)81)72-61(46)93/h6-13,15-19,22-23,32-33,40,43-49,51-52,54-56,64-65,71,78-80,82-88H,14,20-21,70H2,1-5H3,(H2,69,81)(H,72,93)(H,73,90)(H,74,92)(H,75,94)(H,76,89)(H,77,91)(H,95,96)/t23-,32+,33-,40+,43+,44+,45-,46+,47-,48+,49+,51+,52-,54+,55+,56-,64-,65-,66+/m0/s1. The normalized spacial score (nSPS) is 30.0. The van der Waals surface area contributed by atoms with Crippen molar-refractivity contribution in [3.63, 3.8) is 0 Å². The molecule has 0 unspecified atom stereocenters. The van der Waals surface area contributed by atoms with E-state index in [-0.39, 0.29) is 29.2 Å². The second kappa shape index (κ2) is 30.4. The van der Waals surface area contributed by atoms with E-state index in [4.69, 9.17) is 63.1 Å². The van der Waals surface area contributed by atoms with Gasteiger partial charge in [-0.05, 0) is 116 Å². The predicted octanol–water partition coefficient (Wildman–Crippen LogP) is -0.923. The van der Waals surface area contributed by atoms with Crippen LogP contribution in [-0.4, -0.2) is 202 Å². The number of carbonyl (C=O) groups is 8. The Morgan fingerprint density at radius 2 is 1.26 bits per heavy atom. The molecule has 0 spiro atoms. The summed E-state index contributed by atoms with van der Waals surface area (Å²) in [7, 11) is 1.46. The zero-order valence-electron chi connectivity index (χ0n) is 54.6. The van der Waals surface area contributed by atoms with Crippen LogP contribution in [0.5, 0.6) is 46.0 Å². The summed E-state index contributed by atoms with van der Waals surface area (Å²) in [4.78, 5) is 117. The number of nitrogens with one attached hydrogen (secondary N) is 7. The molecule has 11 bridgehead atoms. The molecule has 36 heteroatoms. The number of phenols is 3. The van der Waals surface area contributed by atoms with Crippen molar-refractivity contribution in [2.75, 3.05) is 13.7 Å². The number of halogens is 2. The fourth-order valence-corrected chi connectivity index (χ4v) is 12.9. The Labute approximate surface area is 589 Å². The minimum atomic E-state index is -2.38. The largest absolute Gasteiger partial charge is 0.507 e. The summed E-state index contributed by atoms with van der Waals surface area (Å²) in [5.41, 5.74) is 7.21. The van der Waals surface area contributed by atoms with E-state index in [0.29, 0.717) is 0 Å². The highest BCUT2D eigenvalue weighted by Crippen LogP contribution is 2.50. The molecule has 19 atom stereocenters. The minimum Gasteiger partial charge on any atom is -0.507 e. The van der Waals surface area contributed by atoms with Crippen LogP contribution < -0.4 is 62.9 Å². The van der Waals surface area contributed by atoms with Gasteiger partial charge < -0.3 is 133 Å². The Morgan fingerprint density at radius 3 is 1.85 bits per heavy atom. The summed E-state index contributed by atoms with van der Waals surface area (Å²) >= 11 is 14.1. The molecule has 22 N–H and O–H groups in total.